The van der Waals surface area contributed by atoms with Crippen LogP contribution in [0.15, 0.2) is 0 Å². The Morgan fingerprint density at radius 1 is 1.86 bits per heavy atom. The third-order valence-corrected chi connectivity index (χ3v) is 1.91. The normalized spacial score (nSPS) is 40.3. The molecule has 7 heavy (non-hydrogen) atoms. The fraction of sp³-hybridized carbons (Fsp3) is 1.00. The summed E-state index contributed by atoms with van der Waals surface area (Å²) in [5.74, 6) is 0. The molecule has 1 heterocycles. The molecule has 0 unspecified atom stereocenters. The number of rotatable bonds is 1. The van der Waals surface area contributed by atoms with Crippen molar-refractivity contribution in [2.75, 3.05) is 6.54 Å². The van der Waals surface area contributed by atoms with E-state index in [-0.39, 0.29) is 0 Å². The SMILES string of the molecule is CC[C@@H]1NC[C@@H]1Cl. The van der Waals surface area contributed by atoms with Crippen molar-refractivity contribution < 1.29 is 0 Å². The lowest BCUT2D eigenvalue weighted by atomic mass is 10.0. The zero-order valence-corrected chi connectivity index (χ0v) is 5.20. The van der Waals surface area contributed by atoms with Crippen LogP contribution in [0.3, 0.4) is 0 Å². The summed E-state index contributed by atoms with van der Waals surface area (Å²) in [5.41, 5.74) is 0. The molecule has 1 aliphatic rings. The van der Waals surface area contributed by atoms with Gasteiger partial charge in [0.05, 0.1) is 5.38 Å². The summed E-state index contributed by atoms with van der Waals surface area (Å²) in [6.45, 7) is 3.15. The van der Waals surface area contributed by atoms with Crippen LogP contribution in [0.4, 0.5) is 0 Å². The van der Waals surface area contributed by atoms with E-state index in [2.05, 4.69) is 12.2 Å². The fourth-order valence-electron chi connectivity index (χ4n) is 0.774. The van der Waals surface area contributed by atoms with Gasteiger partial charge in [-0.1, -0.05) is 6.92 Å². The molecule has 0 aromatic heterocycles. The number of alkyl halides is 1. The van der Waals surface area contributed by atoms with E-state index in [9.17, 15) is 0 Å². The van der Waals surface area contributed by atoms with Crippen LogP contribution in [-0.2, 0) is 0 Å². The van der Waals surface area contributed by atoms with Gasteiger partial charge in [0.15, 0.2) is 0 Å². The summed E-state index contributed by atoms with van der Waals surface area (Å²) in [5, 5.41) is 3.62. The van der Waals surface area contributed by atoms with E-state index in [0.717, 1.165) is 13.0 Å². The summed E-state index contributed by atoms with van der Waals surface area (Å²) in [6, 6.07) is 0.599. The van der Waals surface area contributed by atoms with Crippen molar-refractivity contribution in [1.29, 1.82) is 0 Å². The molecule has 0 aromatic carbocycles. The summed E-state index contributed by atoms with van der Waals surface area (Å²) in [7, 11) is 0. The molecule has 1 nitrogen and oxygen atoms in total. The summed E-state index contributed by atoms with van der Waals surface area (Å²) in [6.07, 6.45) is 1.16. The second-order valence-corrected chi connectivity index (χ2v) is 2.50. The highest BCUT2D eigenvalue weighted by atomic mass is 35.5. The maximum atomic E-state index is 5.75. The topological polar surface area (TPSA) is 12.0 Å². The number of halogens is 1. The van der Waals surface area contributed by atoms with Gasteiger partial charge in [-0.05, 0) is 6.42 Å². The molecule has 42 valence electrons. The summed E-state index contributed by atoms with van der Waals surface area (Å²) in [4.78, 5) is 0. The average Bonchev–Trinajstić information content (AvgIpc) is 1.65. The second-order valence-electron chi connectivity index (χ2n) is 1.94. The van der Waals surface area contributed by atoms with E-state index in [4.69, 9.17) is 11.6 Å². The van der Waals surface area contributed by atoms with E-state index >= 15 is 0 Å². The zero-order valence-electron chi connectivity index (χ0n) is 4.45. The number of hydrogen-bond donors (Lipinski definition) is 1. The second kappa shape index (κ2) is 2.01. The highest BCUT2D eigenvalue weighted by Gasteiger charge is 2.25. The Kier molecular flexibility index (Phi) is 1.55. The Morgan fingerprint density at radius 3 is 2.57 bits per heavy atom. The molecular weight excluding hydrogens is 110 g/mol. The average molecular weight is 120 g/mol. The quantitative estimate of drug-likeness (QED) is 0.508. The van der Waals surface area contributed by atoms with Gasteiger partial charge in [0.2, 0.25) is 0 Å². The minimum absolute atomic E-state index is 0.407. The van der Waals surface area contributed by atoms with Crippen LogP contribution < -0.4 is 5.32 Å². The Bertz CT molecular complexity index is 63.1. The van der Waals surface area contributed by atoms with E-state index in [1.54, 1.807) is 0 Å². The molecule has 1 rings (SSSR count). The molecule has 2 atom stereocenters. The van der Waals surface area contributed by atoms with Gasteiger partial charge in [0, 0.05) is 12.6 Å². The lowest BCUT2D eigenvalue weighted by Crippen LogP contribution is -2.53. The molecule has 0 bridgehead atoms. The fourth-order valence-corrected chi connectivity index (χ4v) is 1.13. The zero-order chi connectivity index (χ0) is 5.28. The largest absolute Gasteiger partial charge is 0.311 e. The first kappa shape index (κ1) is 5.39. The van der Waals surface area contributed by atoms with Gasteiger partial charge in [-0.3, -0.25) is 0 Å². The number of nitrogens with one attached hydrogen (secondary N) is 1. The summed E-state index contributed by atoms with van der Waals surface area (Å²) >= 11 is 5.75. The first-order valence-corrected chi connectivity index (χ1v) is 3.15. The summed E-state index contributed by atoms with van der Waals surface area (Å²) < 4.78 is 0. The van der Waals surface area contributed by atoms with Gasteiger partial charge < -0.3 is 5.32 Å². The standard InChI is InChI=1S/C5H10ClN/c1-2-5-4(6)3-7-5/h4-5,7H,2-3H2,1H3/t4-,5-/m0/s1. The predicted octanol–water partition coefficient (Wildman–Crippen LogP) is 0.976. The Labute approximate surface area is 49.0 Å². The van der Waals surface area contributed by atoms with Crippen LogP contribution in [0, 0.1) is 0 Å². The highest BCUT2D eigenvalue weighted by molar-refractivity contribution is 6.21. The van der Waals surface area contributed by atoms with Crippen LogP contribution in [0.2, 0.25) is 0 Å². The minimum Gasteiger partial charge on any atom is -0.311 e. The van der Waals surface area contributed by atoms with Crippen molar-refractivity contribution in [3.8, 4) is 0 Å². The van der Waals surface area contributed by atoms with Gasteiger partial charge >= 0.3 is 0 Å². The first-order valence-electron chi connectivity index (χ1n) is 2.72. The number of hydrogen-bond acceptors (Lipinski definition) is 1. The highest BCUT2D eigenvalue weighted by Crippen LogP contribution is 2.13. The van der Waals surface area contributed by atoms with E-state index in [1.807, 2.05) is 0 Å². The molecule has 0 spiro atoms. The van der Waals surface area contributed by atoms with Crippen LogP contribution in [0.1, 0.15) is 13.3 Å². The molecule has 0 saturated carbocycles. The Morgan fingerprint density at radius 2 is 2.57 bits per heavy atom. The molecule has 1 saturated heterocycles. The molecule has 1 aliphatic heterocycles. The van der Waals surface area contributed by atoms with Gasteiger partial charge in [0.25, 0.3) is 0 Å². The monoisotopic (exact) mass is 119 g/mol. The van der Waals surface area contributed by atoms with E-state index in [0.29, 0.717) is 11.4 Å². The smallest absolute Gasteiger partial charge is 0.0613 e. The van der Waals surface area contributed by atoms with Gasteiger partial charge in [-0.25, -0.2) is 0 Å². The van der Waals surface area contributed by atoms with Crippen LogP contribution in [0.5, 0.6) is 0 Å². The van der Waals surface area contributed by atoms with Gasteiger partial charge in [-0.15, -0.1) is 11.6 Å². The van der Waals surface area contributed by atoms with Crippen molar-refractivity contribution in [3.05, 3.63) is 0 Å². The van der Waals surface area contributed by atoms with Crippen LogP contribution >= 0.6 is 11.6 Å². The molecular formula is C5H10ClN. The third-order valence-electron chi connectivity index (χ3n) is 1.45. The maximum absolute atomic E-state index is 5.75. The van der Waals surface area contributed by atoms with E-state index in [1.165, 1.54) is 0 Å². The lowest BCUT2D eigenvalue weighted by Gasteiger charge is -2.32. The molecule has 0 radical (unpaired) electrons. The van der Waals surface area contributed by atoms with Gasteiger partial charge in [0.1, 0.15) is 0 Å². The molecule has 1 N–H and O–H groups in total. The van der Waals surface area contributed by atoms with Crippen molar-refractivity contribution in [2.45, 2.75) is 24.8 Å². The van der Waals surface area contributed by atoms with Crippen LogP contribution in [0.25, 0.3) is 0 Å². The predicted molar refractivity (Wildman–Crippen MR) is 31.7 cm³/mol. The van der Waals surface area contributed by atoms with Crippen molar-refractivity contribution >= 4 is 11.6 Å². The van der Waals surface area contributed by atoms with Gasteiger partial charge in [-0.2, -0.15) is 0 Å². The third kappa shape index (κ3) is 0.892. The molecule has 2 heteroatoms. The van der Waals surface area contributed by atoms with Crippen molar-refractivity contribution in [1.82, 2.24) is 5.32 Å². The molecule has 0 amide bonds. The lowest BCUT2D eigenvalue weighted by molar-refractivity contribution is 0.370. The van der Waals surface area contributed by atoms with Crippen molar-refractivity contribution in [2.24, 2.45) is 0 Å². The van der Waals surface area contributed by atoms with Crippen molar-refractivity contribution in [3.63, 3.8) is 0 Å². The first-order chi connectivity index (χ1) is 3.34. The molecule has 1 fully saturated rings. The minimum atomic E-state index is 0.407. The Hall–Kier alpha value is 0.250. The van der Waals surface area contributed by atoms with E-state index < -0.39 is 0 Å². The van der Waals surface area contributed by atoms with Crippen LogP contribution in [-0.4, -0.2) is 18.0 Å². The maximum Gasteiger partial charge on any atom is 0.0613 e. The Balaban J connectivity index is 2.16. The molecule has 0 aliphatic carbocycles. The molecule has 0 aromatic rings.